The van der Waals surface area contributed by atoms with Gasteiger partial charge in [-0.3, -0.25) is 4.90 Å². The number of benzene rings is 1. The molecule has 1 aromatic carbocycles. The number of ether oxygens (including phenoxy) is 1. The van der Waals surface area contributed by atoms with E-state index in [1.54, 1.807) is 7.11 Å². The molecule has 1 aliphatic rings. The van der Waals surface area contributed by atoms with Crippen LogP contribution in [0.25, 0.3) is 0 Å². The van der Waals surface area contributed by atoms with E-state index in [0.717, 1.165) is 62.4 Å². The zero-order valence-corrected chi connectivity index (χ0v) is 22.1. The van der Waals surface area contributed by atoms with Gasteiger partial charge in [-0.05, 0) is 45.3 Å². The Balaban J connectivity index is 0.00000363. The number of halogens is 1. The van der Waals surface area contributed by atoms with Crippen molar-refractivity contribution in [2.75, 3.05) is 33.3 Å². The molecule has 1 saturated heterocycles. The van der Waals surface area contributed by atoms with E-state index in [-0.39, 0.29) is 30.0 Å². The third-order valence-electron chi connectivity index (χ3n) is 5.93. The predicted molar refractivity (Wildman–Crippen MR) is 140 cm³/mol. The number of likely N-dealkylation sites (tertiary alicyclic amines) is 1. The Morgan fingerprint density at radius 3 is 2.59 bits per heavy atom. The first-order valence-corrected chi connectivity index (χ1v) is 11.4. The summed E-state index contributed by atoms with van der Waals surface area (Å²) in [6.07, 6.45) is 4.73. The minimum atomic E-state index is 0. The van der Waals surface area contributed by atoms with Gasteiger partial charge in [0.05, 0.1) is 13.2 Å². The maximum atomic E-state index is 5.67. The number of para-hydroxylation sites is 1. The highest BCUT2D eigenvalue weighted by Gasteiger charge is 2.26. The van der Waals surface area contributed by atoms with Gasteiger partial charge in [0.25, 0.3) is 0 Å². The molecule has 3 rings (SSSR count). The first kappa shape index (κ1) is 26.4. The summed E-state index contributed by atoms with van der Waals surface area (Å²) in [6.45, 7) is 8.50. The highest BCUT2D eigenvalue weighted by atomic mass is 127. The maximum Gasteiger partial charge on any atom is 0.191 e. The molecule has 0 saturated carbocycles. The summed E-state index contributed by atoms with van der Waals surface area (Å²) in [5.41, 5.74) is 1.22. The van der Waals surface area contributed by atoms with Gasteiger partial charge in [0.15, 0.2) is 11.8 Å². The molecule has 1 aromatic heterocycles. The quantitative estimate of drug-likeness (QED) is 0.203. The average Bonchev–Trinajstić information content (AvgIpc) is 3.43. The number of aryl methyl sites for hydroxylation is 1. The molecule has 1 atom stereocenters. The molecule has 0 radical (unpaired) electrons. The normalized spacial score (nSPS) is 15.3. The number of aliphatic imine (C=N–C) groups is 1. The standard InChI is InChI=1S/C23H37N7O.HI/c1-5-6-13-24-23(26-17-22-28-27-18(2)29(22)3)25-16-20(30-14-9-10-15-30)19-11-7-8-12-21(19)31-4;/h7-8,11-12,20H,5-6,9-10,13-17H2,1-4H3,(H2,24,25,26);1H. The van der Waals surface area contributed by atoms with Crippen molar-refractivity contribution in [3.8, 4) is 5.75 Å². The van der Waals surface area contributed by atoms with E-state index in [1.807, 2.05) is 30.7 Å². The van der Waals surface area contributed by atoms with Gasteiger partial charge >= 0.3 is 0 Å². The topological polar surface area (TPSA) is 79.6 Å². The number of guanidine groups is 1. The molecule has 2 aromatic rings. The molecular weight excluding hydrogens is 517 g/mol. The van der Waals surface area contributed by atoms with Crippen LogP contribution in [0.3, 0.4) is 0 Å². The lowest BCUT2D eigenvalue weighted by molar-refractivity contribution is 0.239. The fourth-order valence-corrected chi connectivity index (χ4v) is 3.92. The Kier molecular flexibility index (Phi) is 11.2. The van der Waals surface area contributed by atoms with Crippen LogP contribution < -0.4 is 15.4 Å². The number of methoxy groups -OCH3 is 1. The zero-order chi connectivity index (χ0) is 22.1. The zero-order valence-electron chi connectivity index (χ0n) is 19.8. The van der Waals surface area contributed by atoms with Gasteiger partial charge in [0.1, 0.15) is 18.1 Å². The van der Waals surface area contributed by atoms with Gasteiger partial charge in [-0.2, -0.15) is 0 Å². The summed E-state index contributed by atoms with van der Waals surface area (Å²) in [6, 6.07) is 8.56. The summed E-state index contributed by atoms with van der Waals surface area (Å²) in [5.74, 6) is 3.50. The second-order valence-corrected chi connectivity index (χ2v) is 8.05. The maximum absolute atomic E-state index is 5.67. The fraction of sp³-hybridized carbons (Fsp3) is 0.609. The summed E-state index contributed by atoms with van der Waals surface area (Å²) < 4.78 is 7.66. The molecular formula is C23H38IN7O. The molecule has 9 heteroatoms. The van der Waals surface area contributed by atoms with Crippen LogP contribution in [0.15, 0.2) is 29.3 Å². The van der Waals surface area contributed by atoms with Gasteiger partial charge in [-0.25, -0.2) is 4.99 Å². The van der Waals surface area contributed by atoms with Crippen LogP contribution in [0.2, 0.25) is 0 Å². The van der Waals surface area contributed by atoms with Gasteiger partial charge in [0, 0.05) is 25.7 Å². The van der Waals surface area contributed by atoms with E-state index in [2.05, 4.69) is 44.8 Å². The van der Waals surface area contributed by atoms with Crippen LogP contribution in [0.4, 0.5) is 0 Å². The summed E-state index contributed by atoms with van der Waals surface area (Å²) in [7, 11) is 3.72. The molecule has 0 spiro atoms. The Morgan fingerprint density at radius 1 is 1.19 bits per heavy atom. The van der Waals surface area contributed by atoms with Crippen molar-refractivity contribution in [2.45, 2.75) is 52.1 Å². The van der Waals surface area contributed by atoms with Gasteiger partial charge in [0.2, 0.25) is 0 Å². The van der Waals surface area contributed by atoms with Crippen molar-refractivity contribution in [3.05, 3.63) is 41.5 Å². The Morgan fingerprint density at radius 2 is 1.94 bits per heavy atom. The fourth-order valence-electron chi connectivity index (χ4n) is 3.92. The molecule has 1 unspecified atom stereocenters. The predicted octanol–water partition coefficient (Wildman–Crippen LogP) is 3.42. The van der Waals surface area contributed by atoms with Crippen molar-refractivity contribution >= 4 is 29.9 Å². The van der Waals surface area contributed by atoms with Crippen LogP contribution in [-0.4, -0.2) is 58.9 Å². The van der Waals surface area contributed by atoms with Crippen LogP contribution >= 0.6 is 24.0 Å². The molecule has 178 valence electrons. The van der Waals surface area contributed by atoms with Gasteiger partial charge in [-0.15, -0.1) is 34.2 Å². The molecule has 8 nitrogen and oxygen atoms in total. The minimum absolute atomic E-state index is 0. The number of hydrogen-bond donors (Lipinski definition) is 2. The number of nitrogens with one attached hydrogen (secondary N) is 2. The van der Waals surface area contributed by atoms with Crippen LogP contribution in [0.5, 0.6) is 5.75 Å². The van der Waals surface area contributed by atoms with E-state index in [0.29, 0.717) is 6.54 Å². The molecule has 0 bridgehead atoms. The molecule has 2 N–H and O–H groups in total. The van der Waals surface area contributed by atoms with E-state index in [1.165, 1.54) is 18.4 Å². The lowest BCUT2D eigenvalue weighted by Gasteiger charge is -2.30. The number of unbranched alkanes of at least 4 members (excludes halogenated alkanes) is 1. The van der Waals surface area contributed by atoms with Gasteiger partial charge < -0.3 is 19.9 Å². The van der Waals surface area contributed by atoms with E-state index in [9.17, 15) is 0 Å². The second kappa shape index (κ2) is 13.6. The number of rotatable bonds is 10. The molecule has 0 aliphatic carbocycles. The van der Waals surface area contributed by atoms with Crippen LogP contribution in [-0.2, 0) is 13.6 Å². The summed E-state index contributed by atoms with van der Waals surface area (Å²) >= 11 is 0. The summed E-state index contributed by atoms with van der Waals surface area (Å²) in [5, 5.41) is 15.4. The lowest BCUT2D eigenvalue weighted by atomic mass is 10.0. The SMILES string of the molecule is CCCCNC(=NCc1nnc(C)n1C)NCC(c1ccccc1OC)N1CCCC1.I. The minimum Gasteiger partial charge on any atom is -0.496 e. The van der Waals surface area contributed by atoms with Gasteiger partial charge in [-0.1, -0.05) is 31.5 Å². The Hall–Kier alpha value is -1.88. The number of aromatic nitrogens is 3. The van der Waals surface area contributed by atoms with Crippen molar-refractivity contribution in [2.24, 2.45) is 12.0 Å². The van der Waals surface area contributed by atoms with Crippen molar-refractivity contribution in [1.82, 2.24) is 30.3 Å². The highest BCUT2D eigenvalue weighted by molar-refractivity contribution is 14.0. The number of nitrogens with zero attached hydrogens (tertiary/aromatic N) is 5. The van der Waals surface area contributed by atoms with E-state index >= 15 is 0 Å². The third-order valence-corrected chi connectivity index (χ3v) is 5.93. The first-order chi connectivity index (χ1) is 15.1. The Labute approximate surface area is 209 Å². The van der Waals surface area contributed by atoms with Crippen molar-refractivity contribution in [1.29, 1.82) is 0 Å². The Bertz CT molecular complexity index is 849. The van der Waals surface area contributed by atoms with E-state index in [4.69, 9.17) is 9.73 Å². The van der Waals surface area contributed by atoms with Crippen molar-refractivity contribution < 1.29 is 4.74 Å². The van der Waals surface area contributed by atoms with E-state index < -0.39 is 0 Å². The van der Waals surface area contributed by atoms with Crippen LogP contribution in [0.1, 0.15) is 55.9 Å². The monoisotopic (exact) mass is 555 g/mol. The van der Waals surface area contributed by atoms with Crippen molar-refractivity contribution in [3.63, 3.8) is 0 Å². The smallest absolute Gasteiger partial charge is 0.191 e. The number of hydrogen-bond acceptors (Lipinski definition) is 5. The largest absolute Gasteiger partial charge is 0.496 e. The van der Waals surface area contributed by atoms with Crippen LogP contribution in [0, 0.1) is 6.92 Å². The highest BCUT2D eigenvalue weighted by Crippen LogP contribution is 2.31. The lowest BCUT2D eigenvalue weighted by Crippen LogP contribution is -2.43. The molecule has 2 heterocycles. The molecule has 32 heavy (non-hydrogen) atoms. The average molecular weight is 556 g/mol. The summed E-state index contributed by atoms with van der Waals surface area (Å²) in [4.78, 5) is 7.34. The molecule has 0 amide bonds. The molecule has 1 fully saturated rings. The first-order valence-electron chi connectivity index (χ1n) is 11.4. The molecule has 1 aliphatic heterocycles. The second-order valence-electron chi connectivity index (χ2n) is 8.05. The third kappa shape index (κ3) is 7.06.